The lowest BCUT2D eigenvalue weighted by atomic mass is 10.1. The predicted octanol–water partition coefficient (Wildman–Crippen LogP) is 2.26. The number of amides is 1. The number of carbonyl (C=O) groups is 1. The van der Waals surface area contributed by atoms with Gasteiger partial charge in [-0.25, -0.2) is 0 Å². The molecule has 1 amide bonds. The van der Waals surface area contributed by atoms with E-state index in [1.54, 1.807) is 7.11 Å². The fourth-order valence-corrected chi connectivity index (χ4v) is 1.97. The summed E-state index contributed by atoms with van der Waals surface area (Å²) < 4.78 is 5.33. The van der Waals surface area contributed by atoms with Crippen molar-refractivity contribution in [2.24, 2.45) is 0 Å². The molecule has 0 aliphatic heterocycles. The van der Waals surface area contributed by atoms with Gasteiger partial charge < -0.3 is 10.1 Å². The Hall–Kier alpha value is -1.55. The molecule has 0 aliphatic carbocycles. The van der Waals surface area contributed by atoms with Gasteiger partial charge in [-0.2, -0.15) is 0 Å². The minimum absolute atomic E-state index is 0.0109. The zero-order valence-electron chi connectivity index (χ0n) is 12.4. The summed E-state index contributed by atoms with van der Waals surface area (Å²) in [7, 11) is 1.65. The van der Waals surface area contributed by atoms with Crippen LogP contribution in [0.5, 0.6) is 5.75 Å². The van der Waals surface area contributed by atoms with Crippen LogP contribution in [0.1, 0.15) is 39.3 Å². The van der Waals surface area contributed by atoms with Gasteiger partial charge in [-0.05, 0) is 33.8 Å². The van der Waals surface area contributed by atoms with Gasteiger partial charge in [0, 0.05) is 17.6 Å². The van der Waals surface area contributed by atoms with Gasteiger partial charge in [0.2, 0.25) is 5.91 Å². The second-order valence-corrected chi connectivity index (χ2v) is 5.02. The van der Waals surface area contributed by atoms with Crippen molar-refractivity contribution in [2.45, 2.75) is 45.8 Å². The highest BCUT2D eigenvalue weighted by Gasteiger charge is 2.18. The Bertz CT molecular complexity index is 418. The van der Waals surface area contributed by atoms with Crippen molar-refractivity contribution < 1.29 is 9.53 Å². The van der Waals surface area contributed by atoms with E-state index in [0.29, 0.717) is 0 Å². The van der Waals surface area contributed by atoms with Crippen LogP contribution in [-0.4, -0.2) is 25.1 Å². The summed E-state index contributed by atoms with van der Waals surface area (Å²) in [6.45, 7) is 7.79. The van der Waals surface area contributed by atoms with E-state index in [1.807, 2.05) is 52.0 Å². The molecule has 2 unspecified atom stereocenters. The average Bonchev–Trinajstić information content (AvgIpc) is 2.37. The third-order valence-electron chi connectivity index (χ3n) is 2.93. The molecular formula is C15H24N2O2. The number of para-hydroxylation sites is 1. The number of nitrogens with one attached hydrogen (secondary N) is 2. The summed E-state index contributed by atoms with van der Waals surface area (Å²) >= 11 is 0. The third-order valence-corrected chi connectivity index (χ3v) is 2.93. The summed E-state index contributed by atoms with van der Waals surface area (Å²) in [5, 5.41) is 6.18. The lowest BCUT2D eigenvalue weighted by Gasteiger charge is -2.22. The van der Waals surface area contributed by atoms with Crippen LogP contribution in [0.25, 0.3) is 0 Å². The van der Waals surface area contributed by atoms with Crippen LogP contribution in [-0.2, 0) is 4.79 Å². The molecule has 0 saturated carbocycles. The Balaban J connectivity index is 2.68. The quantitative estimate of drug-likeness (QED) is 0.828. The highest BCUT2D eigenvalue weighted by atomic mass is 16.5. The maximum absolute atomic E-state index is 11.9. The first kappa shape index (κ1) is 15.5. The van der Waals surface area contributed by atoms with Crippen LogP contribution in [0.2, 0.25) is 0 Å². The molecule has 4 heteroatoms. The molecule has 2 N–H and O–H groups in total. The maximum Gasteiger partial charge on any atom is 0.237 e. The number of rotatable bonds is 6. The number of carbonyl (C=O) groups excluding carboxylic acids is 1. The molecule has 1 aromatic rings. The second-order valence-electron chi connectivity index (χ2n) is 5.02. The van der Waals surface area contributed by atoms with Crippen molar-refractivity contribution in [1.82, 2.24) is 10.6 Å². The zero-order chi connectivity index (χ0) is 14.4. The molecule has 0 aromatic heterocycles. The highest BCUT2D eigenvalue weighted by Crippen LogP contribution is 2.24. The smallest absolute Gasteiger partial charge is 0.237 e. The summed E-state index contributed by atoms with van der Waals surface area (Å²) in [5.41, 5.74) is 1.05. The van der Waals surface area contributed by atoms with Crippen LogP contribution in [0, 0.1) is 0 Å². The first-order chi connectivity index (χ1) is 8.95. The van der Waals surface area contributed by atoms with Crippen LogP contribution < -0.4 is 15.4 Å². The van der Waals surface area contributed by atoms with E-state index in [2.05, 4.69) is 10.6 Å². The lowest BCUT2D eigenvalue weighted by molar-refractivity contribution is -0.123. The molecule has 19 heavy (non-hydrogen) atoms. The van der Waals surface area contributed by atoms with Crippen LogP contribution in [0.4, 0.5) is 0 Å². The third kappa shape index (κ3) is 4.56. The number of hydrogen-bond donors (Lipinski definition) is 2. The fourth-order valence-electron chi connectivity index (χ4n) is 1.97. The van der Waals surface area contributed by atoms with Gasteiger partial charge >= 0.3 is 0 Å². The fraction of sp³-hybridized carbons (Fsp3) is 0.533. The van der Waals surface area contributed by atoms with E-state index in [0.717, 1.165) is 11.3 Å². The Morgan fingerprint density at radius 3 is 2.37 bits per heavy atom. The van der Waals surface area contributed by atoms with E-state index in [9.17, 15) is 4.79 Å². The van der Waals surface area contributed by atoms with Crippen molar-refractivity contribution in [2.75, 3.05) is 7.11 Å². The normalized spacial score (nSPS) is 14.0. The molecule has 0 heterocycles. The highest BCUT2D eigenvalue weighted by molar-refractivity contribution is 5.81. The summed E-state index contributed by atoms with van der Waals surface area (Å²) in [6.07, 6.45) is 0. The SMILES string of the molecule is COc1ccccc1C(C)NC(C)C(=O)NC(C)C. The molecule has 0 saturated heterocycles. The van der Waals surface area contributed by atoms with Crippen LogP contribution >= 0.6 is 0 Å². The minimum Gasteiger partial charge on any atom is -0.496 e. The van der Waals surface area contributed by atoms with Gasteiger partial charge in [-0.15, -0.1) is 0 Å². The predicted molar refractivity (Wildman–Crippen MR) is 77.3 cm³/mol. The number of hydrogen-bond acceptors (Lipinski definition) is 3. The molecule has 0 radical (unpaired) electrons. The first-order valence-corrected chi connectivity index (χ1v) is 6.65. The number of benzene rings is 1. The Morgan fingerprint density at radius 2 is 1.79 bits per heavy atom. The van der Waals surface area contributed by atoms with Gasteiger partial charge in [0.25, 0.3) is 0 Å². The van der Waals surface area contributed by atoms with E-state index < -0.39 is 0 Å². The van der Waals surface area contributed by atoms with E-state index in [1.165, 1.54) is 0 Å². The minimum atomic E-state index is -0.248. The largest absolute Gasteiger partial charge is 0.496 e. The van der Waals surface area contributed by atoms with Gasteiger partial charge in [0.1, 0.15) is 5.75 Å². The molecular weight excluding hydrogens is 240 g/mol. The van der Waals surface area contributed by atoms with E-state index >= 15 is 0 Å². The van der Waals surface area contributed by atoms with Crippen LogP contribution in [0.15, 0.2) is 24.3 Å². The van der Waals surface area contributed by atoms with Gasteiger partial charge in [0.15, 0.2) is 0 Å². The maximum atomic E-state index is 11.9. The second kappa shape index (κ2) is 7.14. The summed E-state index contributed by atoms with van der Waals surface area (Å²) in [5.74, 6) is 0.843. The monoisotopic (exact) mass is 264 g/mol. The van der Waals surface area contributed by atoms with Crippen LogP contribution in [0.3, 0.4) is 0 Å². The molecule has 2 atom stereocenters. The standard InChI is InChI=1S/C15H24N2O2/c1-10(2)16-15(18)12(4)17-11(3)13-8-6-7-9-14(13)19-5/h6-12,17H,1-5H3,(H,16,18). The van der Waals surface area contributed by atoms with E-state index in [4.69, 9.17) is 4.74 Å². The van der Waals surface area contributed by atoms with Gasteiger partial charge in [0.05, 0.1) is 13.2 Å². The molecule has 1 rings (SSSR count). The average molecular weight is 264 g/mol. The molecule has 0 spiro atoms. The van der Waals surface area contributed by atoms with Crippen molar-refractivity contribution in [3.8, 4) is 5.75 Å². The molecule has 0 aliphatic rings. The van der Waals surface area contributed by atoms with Crippen molar-refractivity contribution in [1.29, 1.82) is 0 Å². The number of ether oxygens (including phenoxy) is 1. The van der Waals surface area contributed by atoms with Crippen molar-refractivity contribution in [3.63, 3.8) is 0 Å². The van der Waals surface area contributed by atoms with Gasteiger partial charge in [-0.3, -0.25) is 10.1 Å². The summed E-state index contributed by atoms with van der Waals surface area (Å²) in [6, 6.07) is 7.78. The number of methoxy groups -OCH3 is 1. The van der Waals surface area contributed by atoms with E-state index in [-0.39, 0.29) is 24.0 Å². The molecule has 1 aromatic carbocycles. The Labute approximate surface area is 115 Å². The summed E-state index contributed by atoms with van der Waals surface area (Å²) in [4.78, 5) is 11.9. The first-order valence-electron chi connectivity index (χ1n) is 6.65. The Kier molecular flexibility index (Phi) is 5.83. The Morgan fingerprint density at radius 1 is 1.16 bits per heavy atom. The molecule has 0 fully saturated rings. The zero-order valence-corrected chi connectivity index (χ0v) is 12.4. The molecule has 0 bridgehead atoms. The van der Waals surface area contributed by atoms with Crippen molar-refractivity contribution >= 4 is 5.91 Å². The van der Waals surface area contributed by atoms with Gasteiger partial charge in [-0.1, -0.05) is 18.2 Å². The van der Waals surface area contributed by atoms with Crippen molar-refractivity contribution in [3.05, 3.63) is 29.8 Å². The molecule has 4 nitrogen and oxygen atoms in total. The topological polar surface area (TPSA) is 50.4 Å². The molecule has 106 valence electrons. The lowest BCUT2D eigenvalue weighted by Crippen LogP contribution is -2.45.